The van der Waals surface area contributed by atoms with E-state index in [1.165, 1.54) is 23.5 Å². The molecule has 0 aliphatic carbocycles. The molecule has 1 unspecified atom stereocenters. The van der Waals surface area contributed by atoms with Crippen LogP contribution in [-0.4, -0.2) is 53.1 Å². The number of ether oxygens (including phenoxy) is 1. The summed E-state index contributed by atoms with van der Waals surface area (Å²) in [6, 6.07) is 7.74. The number of ketones is 1. The summed E-state index contributed by atoms with van der Waals surface area (Å²) in [4.78, 5) is 14.3. The molecule has 3 nitrogen and oxygen atoms in total. The Labute approximate surface area is 205 Å². The van der Waals surface area contributed by atoms with E-state index in [0.717, 1.165) is 18.5 Å². The lowest BCUT2D eigenvalue weighted by Gasteiger charge is -2.62. The molecule has 0 radical (unpaired) electrons. The van der Waals surface area contributed by atoms with Crippen LogP contribution in [0.5, 0.6) is 5.75 Å². The van der Waals surface area contributed by atoms with Gasteiger partial charge >= 0.3 is 6.11 Å². The number of hydrogen-bond donors (Lipinski definition) is 1. The first-order chi connectivity index (χ1) is 15.5. The number of carbonyl (C=O) groups is 1. The molecule has 2 rings (SSSR count). The monoisotopic (exact) mass is 497 g/mol. The molecule has 0 bridgehead atoms. The molecule has 0 aromatic heterocycles. The standard InChI is InChI=1S/C28H45F2NO2S/c1-22-17-18-24(31(5)21-23(22)19-20-34(6,7,8)27(2,3)4)13-12-16-26(32)28(29,30)33-25-14-10-9-11-15-25/h9-11,14-15,18,21-22,34H,12-13,16-17,19-20H2,1-8H3. The Balaban J connectivity index is 1.95. The molecule has 34 heavy (non-hydrogen) atoms. The number of rotatable bonds is 10. The van der Waals surface area contributed by atoms with Crippen LogP contribution >= 0.6 is 9.16 Å². The van der Waals surface area contributed by atoms with E-state index < -0.39 is 21.1 Å². The molecule has 1 atom stereocenters. The zero-order chi connectivity index (χ0) is 25.8. The van der Waals surface area contributed by atoms with E-state index in [9.17, 15) is 13.6 Å². The van der Waals surface area contributed by atoms with Gasteiger partial charge in [-0.05, 0) is 73.0 Å². The molecule has 1 aliphatic heterocycles. The molecule has 1 aromatic carbocycles. The first-order valence-electron chi connectivity index (χ1n) is 12.3. The Morgan fingerprint density at radius 1 is 1.12 bits per heavy atom. The normalized spacial score (nSPS) is 18.9. The third-order valence-electron chi connectivity index (χ3n) is 7.97. The predicted molar refractivity (Wildman–Crippen MR) is 145 cm³/mol. The fourth-order valence-electron chi connectivity index (χ4n) is 3.78. The van der Waals surface area contributed by atoms with Crippen LogP contribution in [0.15, 0.2) is 53.9 Å². The van der Waals surface area contributed by atoms with Gasteiger partial charge in [0, 0.05) is 25.4 Å². The molecule has 0 fully saturated rings. The number of carbonyl (C=O) groups excluding carboxylic acids is 1. The zero-order valence-corrected chi connectivity index (χ0v) is 23.2. The van der Waals surface area contributed by atoms with Gasteiger partial charge in [0.05, 0.1) is 0 Å². The van der Waals surface area contributed by atoms with Crippen LogP contribution in [0.4, 0.5) is 8.78 Å². The number of Topliss-reactive ketones (excluding diaryl/α,β-unsaturated/α-hetero) is 1. The largest absolute Gasteiger partial charge is 0.461 e. The highest BCUT2D eigenvalue weighted by atomic mass is 32.3. The minimum Gasteiger partial charge on any atom is -0.427 e. The molecule has 0 amide bonds. The number of para-hydroxylation sites is 1. The molecule has 1 aliphatic rings. The third-order valence-corrected chi connectivity index (χ3v) is 14.7. The summed E-state index contributed by atoms with van der Waals surface area (Å²) in [7, 11) is 0.189. The maximum atomic E-state index is 14.2. The predicted octanol–water partition coefficient (Wildman–Crippen LogP) is 7.29. The van der Waals surface area contributed by atoms with Crippen molar-refractivity contribution in [2.75, 3.05) is 31.6 Å². The Bertz CT molecular complexity index is 908. The van der Waals surface area contributed by atoms with Gasteiger partial charge in [-0.2, -0.15) is 8.78 Å². The molecule has 0 spiro atoms. The molecule has 0 saturated carbocycles. The highest BCUT2D eigenvalue weighted by Crippen LogP contribution is 2.69. The zero-order valence-electron chi connectivity index (χ0n) is 22.3. The van der Waals surface area contributed by atoms with Gasteiger partial charge in [-0.25, -0.2) is 0 Å². The first kappa shape index (κ1) is 28.4. The Morgan fingerprint density at radius 3 is 2.32 bits per heavy atom. The van der Waals surface area contributed by atoms with Crippen LogP contribution < -0.4 is 4.74 Å². The molecule has 1 heterocycles. The van der Waals surface area contributed by atoms with Crippen molar-refractivity contribution in [3.8, 4) is 5.75 Å². The van der Waals surface area contributed by atoms with E-state index in [4.69, 9.17) is 0 Å². The second-order valence-electron chi connectivity index (χ2n) is 12.1. The van der Waals surface area contributed by atoms with Gasteiger partial charge < -0.3 is 9.64 Å². The Kier molecular flexibility index (Phi) is 8.72. The number of hydrogen-bond acceptors (Lipinski definition) is 3. The Hall–Kier alpha value is -1.82. The van der Waals surface area contributed by atoms with E-state index in [1.807, 2.05) is 7.05 Å². The van der Waals surface area contributed by atoms with Crippen LogP contribution in [0.2, 0.25) is 0 Å². The van der Waals surface area contributed by atoms with E-state index in [-0.39, 0.29) is 12.2 Å². The fourth-order valence-corrected chi connectivity index (χ4v) is 5.49. The minimum absolute atomic E-state index is 0.00918. The lowest BCUT2D eigenvalue weighted by molar-refractivity contribution is -0.190. The van der Waals surface area contributed by atoms with Crippen molar-refractivity contribution < 1.29 is 18.3 Å². The smallest absolute Gasteiger partial charge is 0.427 e. The molecular formula is C28H45F2NO2S. The van der Waals surface area contributed by atoms with Crippen LogP contribution in [0.1, 0.15) is 59.8 Å². The van der Waals surface area contributed by atoms with E-state index in [2.05, 4.69) is 68.4 Å². The summed E-state index contributed by atoms with van der Waals surface area (Å²) in [6.07, 6.45) is 10.8. The van der Waals surface area contributed by atoms with Gasteiger partial charge in [-0.1, -0.05) is 57.5 Å². The number of thiol groups is 1. The van der Waals surface area contributed by atoms with Gasteiger partial charge in [0.15, 0.2) is 0 Å². The molecule has 1 aromatic rings. The van der Waals surface area contributed by atoms with Gasteiger partial charge in [0.2, 0.25) is 5.78 Å². The summed E-state index contributed by atoms with van der Waals surface area (Å²) in [5.74, 6) is 0.460. The Morgan fingerprint density at radius 2 is 1.74 bits per heavy atom. The van der Waals surface area contributed by atoms with E-state index in [1.54, 1.807) is 18.2 Å². The summed E-state index contributed by atoms with van der Waals surface area (Å²) >= 11 is 0. The molecular weight excluding hydrogens is 452 g/mol. The average molecular weight is 498 g/mol. The minimum atomic E-state index is -3.81. The lowest BCUT2D eigenvalue weighted by atomic mass is 9.96. The number of allylic oxidation sites excluding steroid dienone is 3. The first-order valence-corrected chi connectivity index (χ1v) is 16.0. The fraction of sp³-hybridized carbons (Fsp3) is 0.607. The third kappa shape index (κ3) is 7.34. The summed E-state index contributed by atoms with van der Waals surface area (Å²) in [5.41, 5.74) is 2.52. The molecule has 6 heteroatoms. The average Bonchev–Trinajstić information content (AvgIpc) is 2.84. The summed E-state index contributed by atoms with van der Waals surface area (Å²) < 4.78 is 33.4. The van der Waals surface area contributed by atoms with E-state index in [0.29, 0.717) is 23.5 Å². The molecule has 0 N–H and O–H groups in total. The van der Waals surface area contributed by atoms with Gasteiger partial charge in [0.1, 0.15) is 5.75 Å². The second-order valence-corrected chi connectivity index (χ2v) is 20.1. The van der Waals surface area contributed by atoms with Crippen molar-refractivity contribution in [1.82, 2.24) is 4.90 Å². The van der Waals surface area contributed by atoms with Crippen molar-refractivity contribution in [2.24, 2.45) is 5.92 Å². The topological polar surface area (TPSA) is 29.5 Å². The number of alkyl halides is 2. The summed E-state index contributed by atoms with van der Waals surface area (Å²) in [6.45, 7) is 9.34. The van der Waals surface area contributed by atoms with Crippen molar-refractivity contribution in [3.63, 3.8) is 0 Å². The number of halogens is 2. The summed E-state index contributed by atoms with van der Waals surface area (Å²) in [5, 5.41) is 0. The van der Waals surface area contributed by atoms with E-state index >= 15 is 0 Å². The van der Waals surface area contributed by atoms with Crippen LogP contribution in [-0.2, 0) is 4.79 Å². The SMILES string of the molecule is CC1CC=C(CCCC(=O)C(F)(F)Oc2ccccc2)N(C)C=C1CC[SH](C)(C)(C)C(C)(C)C. The highest BCUT2D eigenvalue weighted by Gasteiger charge is 2.41. The van der Waals surface area contributed by atoms with Crippen molar-refractivity contribution in [1.29, 1.82) is 0 Å². The number of nitrogens with zero attached hydrogens (tertiary/aromatic N) is 1. The van der Waals surface area contributed by atoms with Gasteiger partial charge in [-0.3, -0.25) is 14.0 Å². The second kappa shape index (κ2) is 10.4. The van der Waals surface area contributed by atoms with Crippen molar-refractivity contribution in [2.45, 2.75) is 70.7 Å². The van der Waals surface area contributed by atoms with Gasteiger partial charge in [0.25, 0.3) is 0 Å². The molecule has 0 saturated heterocycles. The lowest BCUT2D eigenvalue weighted by Crippen LogP contribution is -2.37. The van der Waals surface area contributed by atoms with Crippen LogP contribution in [0, 0.1) is 5.92 Å². The highest BCUT2D eigenvalue weighted by molar-refractivity contribution is 8.49. The maximum absolute atomic E-state index is 14.2. The number of benzene rings is 1. The van der Waals surface area contributed by atoms with Crippen LogP contribution in [0.3, 0.4) is 0 Å². The van der Waals surface area contributed by atoms with Crippen LogP contribution in [0.25, 0.3) is 0 Å². The van der Waals surface area contributed by atoms with Crippen molar-refractivity contribution >= 4 is 14.9 Å². The quantitative estimate of drug-likeness (QED) is 0.344. The van der Waals surface area contributed by atoms with Gasteiger partial charge in [-0.15, -0.1) is 0 Å². The maximum Gasteiger partial charge on any atom is 0.461 e. The van der Waals surface area contributed by atoms with Crippen molar-refractivity contribution in [3.05, 3.63) is 53.9 Å². The molecule has 194 valence electrons.